The highest BCUT2D eigenvalue weighted by Crippen LogP contribution is 2.12. The molecule has 1 aromatic rings. The first kappa shape index (κ1) is 16.7. The van der Waals surface area contributed by atoms with Crippen molar-refractivity contribution in [1.82, 2.24) is 0 Å². The molecule has 0 aromatic heterocycles. The zero-order valence-corrected chi connectivity index (χ0v) is 12.9. The third-order valence-electron chi connectivity index (χ3n) is 1.93. The highest BCUT2D eigenvalue weighted by atomic mass is 79.9. The average molecular weight is 309 g/mol. The topological polar surface area (TPSA) is 9.23 Å². The second-order valence-electron chi connectivity index (χ2n) is 3.32. The zero-order valence-electron chi connectivity index (χ0n) is 11.3. The molecule has 1 aromatic carbocycles. The average Bonchev–Trinajstić information content (AvgIpc) is 2.40. The first-order valence-electron chi connectivity index (χ1n) is 6.05. The normalized spacial score (nSPS) is 11.3. The van der Waals surface area contributed by atoms with Gasteiger partial charge in [-0.05, 0) is 24.6 Å². The van der Waals surface area contributed by atoms with Gasteiger partial charge in [-0.25, -0.2) is 0 Å². The lowest BCUT2D eigenvalue weighted by atomic mass is 10.2. The fraction of sp³-hybridized carbons (Fsp3) is 0.250. The lowest BCUT2D eigenvalue weighted by Gasteiger charge is -2.06. The summed E-state index contributed by atoms with van der Waals surface area (Å²) >= 11 is 3.40. The largest absolute Gasteiger partial charge is 0.494 e. The van der Waals surface area contributed by atoms with Gasteiger partial charge >= 0.3 is 0 Å². The number of rotatable bonds is 5. The SMILES string of the molecule is C=C/C=C(Br)\C=C(/C)OCc1ccccc1.CC. The third-order valence-corrected chi connectivity index (χ3v) is 2.42. The van der Waals surface area contributed by atoms with E-state index in [1.807, 2.05) is 63.3 Å². The molecule has 1 nitrogen and oxygen atoms in total. The molecule has 0 spiro atoms. The van der Waals surface area contributed by atoms with Gasteiger partial charge in [0.05, 0.1) is 5.76 Å². The summed E-state index contributed by atoms with van der Waals surface area (Å²) in [6, 6.07) is 10.1. The Kier molecular flexibility index (Phi) is 10.1. The van der Waals surface area contributed by atoms with E-state index in [0.717, 1.165) is 10.2 Å². The third kappa shape index (κ3) is 7.91. The number of ether oxygens (including phenoxy) is 1. The molecule has 98 valence electrons. The molecule has 0 unspecified atom stereocenters. The van der Waals surface area contributed by atoms with Crippen LogP contribution in [-0.2, 0) is 11.3 Å². The zero-order chi connectivity index (χ0) is 13.8. The van der Waals surface area contributed by atoms with Crippen molar-refractivity contribution in [2.75, 3.05) is 0 Å². The molecule has 0 radical (unpaired) electrons. The molecule has 0 N–H and O–H groups in total. The van der Waals surface area contributed by atoms with Gasteiger partial charge in [-0.2, -0.15) is 0 Å². The molecular weight excluding hydrogens is 288 g/mol. The van der Waals surface area contributed by atoms with Crippen LogP contribution in [0.4, 0.5) is 0 Å². The Morgan fingerprint density at radius 2 is 1.89 bits per heavy atom. The van der Waals surface area contributed by atoms with Crippen molar-refractivity contribution < 1.29 is 4.74 Å². The molecule has 0 aliphatic heterocycles. The molecule has 0 saturated heterocycles. The second kappa shape index (κ2) is 10.8. The van der Waals surface area contributed by atoms with Crippen LogP contribution >= 0.6 is 15.9 Å². The van der Waals surface area contributed by atoms with Crippen LogP contribution in [0.1, 0.15) is 26.3 Å². The Hall–Kier alpha value is -1.28. The van der Waals surface area contributed by atoms with Crippen LogP contribution in [0.5, 0.6) is 0 Å². The number of hydrogen-bond donors (Lipinski definition) is 0. The summed E-state index contributed by atoms with van der Waals surface area (Å²) in [4.78, 5) is 0. The summed E-state index contributed by atoms with van der Waals surface area (Å²) < 4.78 is 6.55. The van der Waals surface area contributed by atoms with Crippen molar-refractivity contribution in [2.45, 2.75) is 27.4 Å². The minimum atomic E-state index is 0.595. The molecule has 0 saturated carbocycles. The number of hydrogen-bond acceptors (Lipinski definition) is 1. The molecule has 0 aliphatic carbocycles. The maximum atomic E-state index is 5.60. The molecule has 0 heterocycles. The van der Waals surface area contributed by atoms with E-state index in [2.05, 4.69) is 22.5 Å². The summed E-state index contributed by atoms with van der Waals surface area (Å²) in [6.07, 6.45) is 5.52. The van der Waals surface area contributed by atoms with E-state index in [4.69, 9.17) is 4.74 Å². The smallest absolute Gasteiger partial charge is 0.113 e. The van der Waals surface area contributed by atoms with Crippen LogP contribution in [0.3, 0.4) is 0 Å². The van der Waals surface area contributed by atoms with Crippen molar-refractivity contribution in [3.63, 3.8) is 0 Å². The molecular formula is C16H21BrO. The first-order chi connectivity index (χ1) is 8.72. The van der Waals surface area contributed by atoms with Crippen LogP contribution in [0, 0.1) is 0 Å². The lowest BCUT2D eigenvalue weighted by molar-refractivity contribution is 0.201. The van der Waals surface area contributed by atoms with Crippen LogP contribution in [-0.4, -0.2) is 0 Å². The van der Waals surface area contributed by atoms with Crippen LogP contribution < -0.4 is 0 Å². The van der Waals surface area contributed by atoms with E-state index in [-0.39, 0.29) is 0 Å². The van der Waals surface area contributed by atoms with E-state index in [1.54, 1.807) is 6.08 Å². The van der Waals surface area contributed by atoms with Gasteiger partial charge in [-0.1, -0.05) is 72.8 Å². The minimum Gasteiger partial charge on any atom is -0.494 e. The van der Waals surface area contributed by atoms with Gasteiger partial charge in [0.1, 0.15) is 6.61 Å². The van der Waals surface area contributed by atoms with Crippen molar-refractivity contribution in [3.05, 3.63) is 70.9 Å². The van der Waals surface area contributed by atoms with Gasteiger partial charge in [0.25, 0.3) is 0 Å². The standard InChI is InChI=1S/C14H15BrO.C2H6/c1-3-7-14(15)10-12(2)16-11-13-8-5-4-6-9-13;1-2/h3-10H,1,11H2,2H3;1-2H3/b12-10+,14-7+;. The second-order valence-corrected chi connectivity index (χ2v) is 4.23. The van der Waals surface area contributed by atoms with Crippen LogP contribution in [0.2, 0.25) is 0 Å². The summed E-state index contributed by atoms with van der Waals surface area (Å²) in [5, 5.41) is 0. The minimum absolute atomic E-state index is 0.595. The van der Waals surface area contributed by atoms with Crippen molar-refractivity contribution in [2.24, 2.45) is 0 Å². The van der Waals surface area contributed by atoms with Crippen molar-refractivity contribution in [1.29, 1.82) is 0 Å². The Labute approximate surface area is 119 Å². The Morgan fingerprint density at radius 3 is 2.44 bits per heavy atom. The van der Waals surface area contributed by atoms with Gasteiger partial charge in [-0.15, -0.1) is 0 Å². The quantitative estimate of drug-likeness (QED) is 0.508. The molecule has 0 amide bonds. The Balaban J connectivity index is 0.00000137. The van der Waals surface area contributed by atoms with Crippen molar-refractivity contribution in [3.8, 4) is 0 Å². The van der Waals surface area contributed by atoms with E-state index >= 15 is 0 Å². The Bertz CT molecular complexity index is 391. The molecule has 2 heteroatoms. The Morgan fingerprint density at radius 1 is 1.28 bits per heavy atom. The summed E-state index contributed by atoms with van der Waals surface area (Å²) in [6.45, 7) is 10.2. The van der Waals surface area contributed by atoms with E-state index in [0.29, 0.717) is 6.61 Å². The predicted molar refractivity (Wildman–Crippen MR) is 83.5 cm³/mol. The van der Waals surface area contributed by atoms with Crippen molar-refractivity contribution >= 4 is 15.9 Å². The van der Waals surface area contributed by atoms with Crippen LogP contribution in [0.25, 0.3) is 0 Å². The molecule has 0 fully saturated rings. The van der Waals surface area contributed by atoms with Gasteiger partial charge in [0, 0.05) is 4.48 Å². The number of halogens is 1. The van der Waals surface area contributed by atoms with E-state index < -0.39 is 0 Å². The highest BCUT2D eigenvalue weighted by Gasteiger charge is 1.94. The monoisotopic (exact) mass is 308 g/mol. The first-order valence-corrected chi connectivity index (χ1v) is 6.85. The summed E-state index contributed by atoms with van der Waals surface area (Å²) in [7, 11) is 0. The number of benzene rings is 1. The molecule has 0 bridgehead atoms. The maximum Gasteiger partial charge on any atom is 0.113 e. The van der Waals surface area contributed by atoms with Crippen LogP contribution in [0.15, 0.2) is 65.4 Å². The maximum absolute atomic E-state index is 5.60. The summed E-state index contributed by atoms with van der Waals surface area (Å²) in [5.41, 5.74) is 1.17. The molecule has 18 heavy (non-hydrogen) atoms. The molecule has 0 atom stereocenters. The van der Waals surface area contributed by atoms with Gasteiger partial charge in [0.15, 0.2) is 0 Å². The van der Waals surface area contributed by atoms with Gasteiger partial charge < -0.3 is 4.74 Å². The molecule has 1 rings (SSSR count). The van der Waals surface area contributed by atoms with E-state index in [9.17, 15) is 0 Å². The molecule has 0 aliphatic rings. The summed E-state index contributed by atoms with van der Waals surface area (Å²) in [5.74, 6) is 0.869. The van der Waals surface area contributed by atoms with Gasteiger partial charge in [0.2, 0.25) is 0 Å². The van der Waals surface area contributed by atoms with E-state index in [1.165, 1.54) is 5.56 Å². The fourth-order valence-electron chi connectivity index (χ4n) is 1.17. The lowest BCUT2D eigenvalue weighted by Crippen LogP contribution is -1.90. The highest BCUT2D eigenvalue weighted by molar-refractivity contribution is 9.11. The predicted octanol–water partition coefficient (Wildman–Crippen LogP) is 5.60. The van der Waals surface area contributed by atoms with Gasteiger partial charge in [-0.3, -0.25) is 0 Å². The number of allylic oxidation sites excluding steroid dienone is 5. The fourth-order valence-corrected chi connectivity index (χ4v) is 1.68.